The number of hydrogen-bond donors (Lipinski definition) is 1. The van der Waals surface area contributed by atoms with Gasteiger partial charge in [0, 0.05) is 17.3 Å². The minimum atomic E-state index is -0.203. The fourth-order valence-electron chi connectivity index (χ4n) is 4.75. The van der Waals surface area contributed by atoms with E-state index in [9.17, 15) is 4.79 Å². The Morgan fingerprint density at radius 1 is 1.37 bits per heavy atom. The Labute approximate surface area is 187 Å². The van der Waals surface area contributed by atoms with Gasteiger partial charge in [0.25, 0.3) is 5.91 Å². The van der Waals surface area contributed by atoms with Gasteiger partial charge in [-0.05, 0) is 56.8 Å². The first-order chi connectivity index (χ1) is 14.1. The van der Waals surface area contributed by atoms with Crippen molar-refractivity contribution >= 4 is 29.7 Å². The predicted octanol–water partition coefficient (Wildman–Crippen LogP) is 3.81. The van der Waals surface area contributed by atoms with Crippen LogP contribution in [0.5, 0.6) is 0 Å². The summed E-state index contributed by atoms with van der Waals surface area (Å²) in [6.07, 6.45) is 4.66. The van der Waals surface area contributed by atoms with E-state index in [1.54, 1.807) is 11.3 Å². The van der Waals surface area contributed by atoms with Gasteiger partial charge >= 0.3 is 0 Å². The lowest BCUT2D eigenvalue weighted by atomic mass is 9.86. The van der Waals surface area contributed by atoms with Crippen LogP contribution in [0.2, 0.25) is 0 Å². The van der Waals surface area contributed by atoms with Gasteiger partial charge < -0.3 is 19.5 Å². The molecule has 0 aliphatic carbocycles. The molecule has 3 aliphatic heterocycles. The van der Waals surface area contributed by atoms with Crippen LogP contribution in [-0.4, -0.2) is 47.2 Å². The van der Waals surface area contributed by atoms with Crippen LogP contribution in [0, 0.1) is 0 Å². The van der Waals surface area contributed by atoms with E-state index in [0.717, 1.165) is 63.2 Å². The summed E-state index contributed by atoms with van der Waals surface area (Å²) in [6.45, 7) is 7.48. The van der Waals surface area contributed by atoms with Gasteiger partial charge in [-0.15, -0.1) is 23.7 Å². The Morgan fingerprint density at radius 2 is 2.17 bits per heavy atom. The molecule has 0 saturated carbocycles. The zero-order valence-corrected chi connectivity index (χ0v) is 19.1. The Hall–Kier alpha value is -1.48. The number of carbonyl (C=O) groups is 1. The molecule has 30 heavy (non-hydrogen) atoms. The summed E-state index contributed by atoms with van der Waals surface area (Å²) < 4.78 is 11.8. The lowest BCUT2D eigenvalue weighted by molar-refractivity contribution is -0.0771. The van der Waals surface area contributed by atoms with Gasteiger partial charge in [0.1, 0.15) is 11.6 Å². The average molecular weight is 453 g/mol. The van der Waals surface area contributed by atoms with Crippen molar-refractivity contribution in [1.29, 1.82) is 0 Å². The van der Waals surface area contributed by atoms with E-state index in [1.165, 1.54) is 10.4 Å². The van der Waals surface area contributed by atoms with Gasteiger partial charge in [0.2, 0.25) is 5.89 Å². The molecule has 9 heteroatoms. The molecule has 1 atom stereocenters. The minimum absolute atomic E-state index is 0. The first-order valence-corrected chi connectivity index (χ1v) is 11.5. The Morgan fingerprint density at radius 3 is 2.90 bits per heavy atom. The van der Waals surface area contributed by atoms with E-state index >= 15 is 0 Å². The Balaban J connectivity index is 0.00000218. The second-order valence-corrected chi connectivity index (χ2v) is 9.66. The predicted molar refractivity (Wildman–Crippen MR) is 116 cm³/mol. The van der Waals surface area contributed by atoms with Gasteiger partial charge in [-0.1, -0.05) is 19.0 Å². The number of fused-ring (bicyclic) bond motifs is 2. The largest absolute Gasteiger partial charge is 0.369 e. The average Bonchev–Trinajstić information content (AvgIpc) is 3.46. The van der Waals surface area contributed by atoms with Crippen LogP contribution in [0.1, 0.15) is 83.3 Å². The molecule has 0 bridgehead atoms. The molecule has 5 heterocycles. The lowest BCUT2D eigenvalue weighted by Gasteiger charge is -2.40. The highest BCUT2D eigenvalue weighted by atomic mass is 35.5. The van der Waals surface area contributed by atoms with Crippen LogP contribution < -0.4 is 5.32 Å². The number of piperidine rings is 1. The summed E-state index contributed by atoms with van der Waals surface area (Å²) in [5.41, 5.74) is 1.09. The first-order valence-electron chi connectivity index (χ1n) is 10.7. The molecule has 2 saturated heterocycles. The molecular weight excluding hydrogens is 424 g/mol. The highest BCUT2D eigenvalue weighted by Crippen LogP contribution is 2.45. The number of aromatic nitrogens is 2. The molecule has 1 amide bonds. The molecule has 1 N–H and O–H groups in total. The third-order valence-electron chi connectivity index (χ3n) is 6.37. The summed E-state index contributed by atoms with van der Waals surface area (Å²) in [4.78, 5) is 22.0. The van der Waals surface area contributed by atoms with Crippen LogP contribution in [0.15, 0.2) is 10.6 Å². The monoisotopic (exact) mass is 452 g/mol. The standard InChI is InChI=1S/C21H28N4O3S.ClH/c1-13(2)18-23-19(28-24-18)15-4-3-10-25(15)20(26)16-12-14-5-11-27-21(17(14)29-16)6-8-22-9-7-21;/h12-13,15,22H,3-11H2,1-2H3;1H/t15-;/m0./s1. The normalized spacial score (nSPS) is 22.9. The SMILES string of the molecule is CC(C)c1noc([C@@H]2CCCN2C(=O)c2cc3c(s2)C2(CCNCC2)OCC3)n1.Cl. The zero-order chi connectivity index (χ0) is 20.0. The summed E-state index contributed by atoms with van der Waals surface area (Å²) in [6, 6.07) is 1.99. The van der Waals surface area contributed by atoms with E-state index in [0.29, 0.717) is 11.7 Å². The highest BCUT2D eigenvalue weighted by Gasteiger charge is 2.42. The van der Waals surface area contributed by atoms with E-state index in [2.05, 4.69) is 21.5 Å². The maximum atomic E-state index is 13.5. The highest BCUT2D eigenvalue weighted by molar-refractivity contribution is 7.14. The number of thiophene rings is 1. The van der Waals surface area contributed by atoms with Gasteiger partial charge in [0.15, 0.2) is 5.82 Å². The number of amides is 1. The van der Waals surface area contributed by atoms with Gasteiger partial charge in [-0.25, -0.2) is 0 Å². The number of rotatable bonds is 3. The number of halogens is 1. The summed E-state index contributed by atoms with van der Waals surface area (Å²) in [5, 5.41) is 7.51. The second kappa shape index (κ2) is 8.57. The zero-order valence-electron chi connectivity index (χ0n) is 17.5. The minimum Gasteiger partial charge on any atom is -0.369 e. The summed E-state index contributed by atoms with van der Waals surface area (Å²) in [7, 11) is 0. The first kappa shape index (κ1) is 21.7. The third-order valence-corrected chi connectivity index (χ3v) is 7.72. The Bertz CT molecular complexity index is 906. The molecule has 0 radical (unpaired) electrons. The number of likely N-dealkylation sites (tertiary alicyclic amines) is 1. The van der Waals surface area contributed by atoms with Crippen LogP contribution in [-0.2, 0) is 16.8 Å². The molecule has 3 aliphatic rings. The third kappa shape index (κ3) is 3.68. The van der Waals surface area contributed by atoms with Crippen molar-refractivity contribution in [2.24, 2.45) is 0 Å². The van der Waals surface area contributed by atoms with Gasteiger partial charge in [0.05, 0.1) is 11.5 Å². The maximum absolute atomic E-state index is 13.5. The summed E-state index contributed by atoms with van der Waals surface area (Å²) in [5.74, 6) is 1.57. The van der Waals surface area contributed by atoms with Crippen molar-refractivity contribution < 1.29 is 14.1 Å². The van der Waals surface area contributed by atoms with Crippen LogP contribution in [0.4, 0.5) is 0 Å². The fraction of sp³-hybridized carbons (Fsp3) is 0.667. The molecule has 5 rings (SSSR count). The summed E-state index contributed by atoms with van der Waals surface area (Å²) >= 11 is 1.63. The molecule has 0 aromatic carbocycles. The van der Waals surface area contributed by atoms with Gasteiger partial charge in [-0.2, -0.15) is 4.98 Å². The van der Waals surface area contributed by atoms with Crippen molar-refractivity contribution in [3.8, 4) is 0 Å². The molecule has 2 aromatic rings. The van der Waals surface area contributed by atoms with Crippen LogP contribution >= 0.6 is 23.7 Å². The van der Waals surface area contributed by atoms with E-state index in [-0.39, 0.29) is 35.9 Å². The Kier molecular flexibility index (Phi) is 6.21. The second-order valence-electron chi connectivity index (χ2n) is 8.61. The number of nitrogens with zero attached hydrogens (tertiary/aromatic N) is 3. The molecule has 7 nitrogen and oxygen atoms in total. The molecular formula is C21H29ClN4O3S. The van der Waals surface area contributed by atoms with Crippen molar-refractivity contribution in [3.05, 3.63) is 33.1 Å². The van der Waals surface area contributed by atoms with Crippen LogP contribution in [0.25, 0.3) is 0 Å². The van der Waals surface area contributed by atoms with Crippen molar-refractivity contribution in [2.45, 2.75) is 63.5 Å². The number of ether oxygens (including phenoxy) is 1. The lowest BCUT2D eigenvalue weighted by Crippen LogP contribution is -2.43. The quantitative estimate of drug-likeness (QED) is 0.762. The number of hydrogen-bond acceptors (Lipinski definition) is 7. The molecule has 164 valence electrons. The van der Waals surface area contributed by atoms with E-state index in [1.807, 2.05) is 18.7 Å². The number of carbonyl (C=O) groups excluding carboxylic acids is 1. The van der Waals surface area contributed by atoms with E-state index in [4.69, 9.17) is 9.26 Å². The topological polar surface area (TPSA) is 80.5 Å². The number of nitrogens with one attached hydrogen (secondary N) is 1. The van der Waals surface area contributed by atoms with E-state index < -0.39 is 0 Å². The fourth-order valence-corrected chi connectivity index (χ4v) is 6.12. The smallest absolute Gasteiger partial charge is 0.264 e. The van der Waals surface area contributed by atoms with Gasteiger partial charge in [-0.3, -0.25) is 4.79 Å². The molecule has 1 spiro atoms. The van der Waals surface area contributed by atoms with Crippen molar-refractivity contribution in [3.63, 3.8) is 0 Å². The van der Waals surface area contributed by atoms with Crippen molar-refractivity contribution in [1.82, 2.24) is 20.4 Å². The van der Waals surface area contributed by atoms with Crippen LogP contribution in [0.3, 0.4) is 0 Å². The molecule has 0 unspecified atom stereocenters. The molecule has 2 fully saturated rings. The maximum Gasteiger partial charge on any atom is 0.264 e. The van der Waals surface area contributed by atoms with Crippen molar-refractivity contribution in [2.75, 3.05) is 26.2 Å². The molecule has 2 aromatic heterocycles.